The first-order valence-electron chi connectivity index (χ1n) is 7.01. The van der Waals surface area contributed by atoms with Crippen LogP contribution in [0.1, 0.15) is 52.9 Å². The number of rotatable bonds is 1. The second-order valence-corrected chi connectivity index (χ2v) is 6.66. The molecule has 0 radical (unpaired) electrons. The molecule has 1 heteroatoms. The Labute approximate surface area is 106 Å². The van der Waals surface area contributed by atoms with Crippen LogP contribution >= 0.6 is 0 Å². The Morgan fingerprint density at radius 3 is 2.65 bits per heavy atom. The average molecular weight is 231 g/mol. The maximum Gasteiger partial charge on any atom is 0.233 e. The van der Waals surface area contributed by atoms with Crippen molar-refractivity contribution in [2.45, 2.75) is 58.9 Å². The zero-order chi connectivity index (χ0) is 12.6. The summed E-state index contributed by atoms with van der Waals surface area (Å²) in [5, 5.41) is 0. The predicted octanol–water partition coefficient (Wildman–Crippen LogP) is 4.70. The zero-order valence-electron chi connectivity index (χ0n) is 11.5. The maximum absolute atomic E-state index is 7.60. The van der Waals surface area contributed by atoms with Crippen molar-refractivity contribution in [3.63, 3.8) is 0 Å². The first-order chi connectivity index (χ1) is 7.99. The van der Waals surface area contributed by atoms with Crippen molar-refractivity contribution in [3.8, 4) is 0 Å². The van der Waals surface area contributed by atoms with Crippen molar-refractivity contribution in [2.24, 2.45) is 23.2 Å². The topological polar surface area (TPSA) is 4.36 Å². The first kappa shape index (κ1) is 12.7. The summed E-state index contributed by atoms with van der Waals surface area (Å²) in [5.41, 5.74) is 1.66. The SMILES string of the molecule is [C-]#[N+][C@@H]1[C@@H]2[C@@H](C)CCC[C@]2(C)CC[C@H]1C(=C)C. The van der Waals surface area contributed by atoms with E-state index in [4.69, 9.17) is 6.57 Å². The van der Waals surface area contributed by atoms with E-state index in [-0.39, 0.29) is 6.04 Å². The molecule has 2 rings (SSSR count). The van der Waals surface area contributed by atoms with E-state index in [1.807, 2.05) is 0 Å². The second kappa shape index (κ2) is 4.48. The quantitative estimate of drug-likeness (QED) is 0.455. The summed E-state index contributed by atoms with van der Waals surface area (Å²) in [4.78, 5) is 4.02. The van der Waals surface area contributed by atoms with Crippen LogP contribution in [0.4, 0.5) is 0 Å². The second-order valence-electron chi connectivity index (χ2n) is 6.66. The number of fused-ring (bicyclic) bond motifs is 1. The summed E-state index contributed by atoms with van der Waals surface area (Å²) in [7, 11) is 0. The van der Waals surface area contributed by atoms with Gasteiger partial charge in [-0.3, -0.25) is 0 Å². The van der Waals surface area contributed by atoms with Crippen LogP contribution in [-0.4, -0.2) is 6.04 Å². The smallest absolute Gasteiger partial charge is 0.233 e. The molecule has 0 saturated heterocycles. The molecule has 0 aromatic carbocycles. The third-order valence-electron chi connectivity index (χ3n) is 5.41. The molecule has 0 aliphatic heterocycles. The Morgan fingerprint density at radius 2 is 2.06 bits per heavy atom. The van der Waals surface area contributed by atoms with Crippen LogP contribution < -0.4 is 0 Å². The van der Waals surface area contributed by atoms with E-state index >= 15 is 0 Å². The first-order valence-corrected chi connectivity index (χ1v) is 7.01. The Morgan fingerprint density at radius 1 is 1.35 bits per heavy atom. The third-order valence-corrected chi connectivity index (χ3v) is 5.41. The van der Waals surface area contributed by atoms with Crippen molar-refractivity contribution in [1.82, 2.24) is 0 Å². The standard InChI is InChI=1S/C16H25N/c1-11(2)13-8-10-16(4)9-6-7-12(3)14(16)15(13)17-5/h12-15H,1,6-10H2,2-4H3/t12-,13-,14-,15-,16+/m0/s1. The monoisotopic (exact) mass is 231 g/mol. The molecule has 1 nitrogen and oxygen atoms in total. The van der Waals surface area contributed by atoms with E-state index in [0.717, 1.165) is 5.92 Å². The van der Waals surface area contributed by atoms with Gasteiger partial charge in [0.25, 0.3) is 0 Å². The lowest BCUT2D eigenvalue weighted by atomic mass is 9.53. The van der Waals surface area contributed by atoms with Crippen LogP contribution in [-0.2, 0) is 0 Å². The highest BCUT2D eigenvalue weighted by atomic mass is 14.8. The van der Waals surface area contributed by atoms with Crippen LogP contribution in [0, 0.1) is 29.7 Å². The van der Waals surface area contributed by atoms with Gasteiger partial charge in [-0.1, -0.05) is 38.8 Å². The van der Waals surface area contributed by atoms with Crippen molar-refractivity contribution < 1.29 is 0 Å². The molecule has 0 aromatic heterocycles. The molecular formula is C16H25N. The van der Waals surface area contributed by atoms with E-state index in [2.05, 4.69) is 32.2 Å². The molecule has 17 heavy (non-hydrogen) atoms. The van der Waals surface area contributed by atoms with Gasteiger partial charge in [0, 0.05) is 5.92 Å². The minimum Gasteiger partial charge on any atom is -0.313 e. The highest BCUT2D eigenvalue weighted by molar-refractivity contribution is 5.14. The summed E-state index contributed by atoms with van der Waals surface area (Å²) in [5.74, 6) is 1.77. The Balaban J connectivity index is 2.32. The molecule has 0 bridgehead atoms. The van der Waals surface area contributed by atoms with Crippen LogP contribution in [0.25, 0.3) is 4.85 Å². The van der Waals surface area contributed by atoms with Gasteiger partial charge in [-0.15, -0.1) is 0 Å². The van der Waals surface area contributed by atoms with E-state index in [1.54, 1.807) is 0 Å². The molecule has 0 unspecified atom stereocenters. The number of hydrogen-bond acceptors (Lipinski definition) is 0. The van der Waals surface area contributed by atoms with E-state index < -0.39 is 0 Å². The van der Waals surface area contributed by atoms with Crippen molar-refractivity contribution in [1.29, 1.82) is 0 Å². The molecule has 0 amide bonds. The molecule has 5 atom stereocenters. The molecule has 0 N–H and O–H groups in total. The van der Waals surface area contributed by atoms with E-state index in [9.17, 15) is 0 Å². The Bertz CT molecular complexity index is 351. The van der Waals surface area contributed by atoms with Gasteiger partial charge in [0.15, 0.2) is 0 Å². The molecule has 0 aromatic rings. The van der Waals surface area contributed by atoms with Crippen LogP contribution in [0.2, 0.25) is 0 Å². The summed E-state index contributed by atoms with van der Waals surface area (Å²) in [6, 6.07) is 0.196. The fourth-order valence-electron chi connectivity index (χ4n) is 4.52. The highest BCUT2D eigenvalue weighted by Gasteiger charge is 2.53. The van der Waals surface area contributed by atoms with Crippen LogP contribution in [0.5, 0.6) is 0 Å². The fraction of sp³-hybridized carbons (Fsp3) is 0.812. The fourth-order valence-corrected chi connectivity index (χ4v) is 4.52. The maximum atomic E-state index is 7.60. The Kier molecular flexibility index (Phi) is 3.34. The zero-order valence-corrected chi connectivity index (χ0v) is 11.5. The van der Waals surface area contributed by atoms with Crippen LogP contribution in [0.15, 0.2) is 12.2 Å². The number of hydrogen-bond donors (Lipinski definition) is 0. The normalized spacial score (nSPS) is 45.8. The van der Waals surface area contributed by atoms with Crippen molar-refractivity contribution >= 4 is 0 Å². The summed E-state index contributed by atoms with van der Waals surface area (Å²) < 4.78 is 0. The molecule has 0 heterocycles. The number of nitrogens with zero attached hydrogens (tertiary/aromatic N) is 1. The van der Waals surface area contributed by atoms with Gasteiger partial charge in [-0.05, 0) is 37.5 Å². The van der Waals surface area contributed by atoms with Gasteiger partial charge < -0.3 is 4.85 Å². The molecule has 0 spiro atoms. The van der Waals surface area contributed by atoms with E-state index in [0.29, 0.717) is 17.3 Å². The average Bonchev–Trinajstić information content (AvgIpc) is 2.26. The molecule has 94 valence electrons. The van der Waals surface area contributed by atoms with Crippen LogP contribution in [0.3, 0.4) is 0 Å². The summed E-state index contributed by atoms with van der Waals surface area (Å²) in [6.07, 6.45) is 6.48. The third kappa shape index (κ3) is 2.03. The van der Waals surface area contributed by atoms with Gasteiger partial charge in [-0.2, -0.15) is 0 Å². The largest absolute Gasteiger partial charge is 0.313 e. The van der Waals surface area contributed by atoms with E-state index in [1.165, 1.54) is 37.7 Å². The van der Waals surface area contributed by atoms with Gasteiger partial charge in [-0.25, -0.2) is 6.57 Å². The molecular weight excluding hydrogens is 206 g/mol. The predicted molar refractivity (Wildman–Crippen MR) is 72.5 cm³/mol. The lowest BCUT2D eigenvalue weighted by Crippen LogP contribution is -2.49. The van der Waals surface area contributed by atoms with Gasteiger partial charge in [0.2, 0.25) is 6.04 Å². The minimum atomic E-state index is 0.196. The lowest BCUT2D eigenvalue weighted by Gasteiger charge is -2.50. The minimum absolute atomic E-state index is 0.196. The Hall–Kier alpha value is -0.770. The van der Waals surface area contributed by atoms with Crippen molar-refractivity contribution in [2.75, 3.05) is 0 Å². The molecule has 2 saturated carbocycles. The highest BCUT2D eigenvalue weighted by Crippen LogP contribution is 2.55. The van der Waals surface area contributed by atoms with Crippen molar-refractivity contribution in [3.05, 3.63) is 23.6 Å². The summed E-state index contributed by atoms with van der Waals surface area (Å²) in [6.45, 7) is 18.6. The van der Waals surface area contributed by atoms with Gasteiger partial charge >= 0.3 is 0 Å². The summed E-state index contributed by atoms with van der Waals surface area (Å²) >= 11 is 0. The molecule has 2 fully saturated rings. The van der Waals surface area contributed by atoms with Gasteiger partial charge in [0.05, 0.1) is 5.92 Å². The molecule has 2 aliphatic carbocycles. The molecule has 2 aliphatic rings. The van der Waals surface area contributed by atoms with Gasteiger partial charge in [0.1, 0.15) is 0 Å². The lowest BCUT2D eigenvalue weighted by molar-refractivity contribution is 0.00146.